The number of nitrogens with one attached hydrogen (secondary N) is 1. The lowest BCUT2D eigenvalue weighted by atomic mass is 10.2. The molecule has 0 spiro atoms. The van der Waals surface area contributed by atoms with Gasteiger partial charge in [-0.3, -0.25) is 4.79 Å². The van der Waals surface area contributed by atoms with E-state index >= 15 is 0 Å². The van der Waals surface area contributed by atoms with E-state index in [0.717, 1.165) is 11.7 Å². The van der Waals surface area contributed by atoms with E-state index in [9.17, 15) is 13.2 Å². The number of rotatable bonds is 4. The Morgan fingerprint density at radius 2 is 2.21 bits per heavy atom. The fourth-order valence-corrected chi connectivity index (χ4v) is 5.61. The molecule has 3 rings (SSSR count). The van der Waals surface area contributed by atoms with E-state index < -0.39 is 16.1 Å². The number of nitrogens with two attached hydrogens (primary N) is 1. The quantitative estimate of drug-likeness (QED) is 0.796. The van der Waals surface area contributed by atoms with Crippen molar-refractivity contribution in [1.82, 2.24) is 18.4 Å². The SMILES string of the molecule is CCNC(=O)[C@@H]1C[C@H](N)CN1S(=O)(=O)c1c(C)ccc2nsnc12. The summed E-state index contributed by atoms with van der Waals surface area (Å²) in [4.78, 5) is 12.4. The monoisotopic (exact) mass is 369 g/mol. The second kappa shape index (κ2) is 6.36. The predicted molar refractivity (Wildman–Crippen MR) is 91.1 cm³/mol. The Morgan fingerprint density at radius 1 is 1.46 bits per heavy atom. The minimum absolute atomic E-state index is 0.108. The number of carbonyl (C=O) groups excluding carboxylic acids is 1. The molecule has 1 aromatic heterocycles. The fourth-order valence-electron chi connectivity index (χ4n) is 3.00. The number of hydrogen-bond donors (Lipinski definition) is 2. The first-order valence-electron chi connectivity index (χ1n) is 7.63. The molecule has 1 amide bonds. The minimum atomic E-state index is -3.91. The van der Waals surface area contributed by atoms with Gasteiger partial charge in [0.1, 0.15) is 22.0 Å². The summed E-state index contributed by atoms with van der Waals surface area (Å²) in [6.45, 7) is 4.04. The highest BCUT2D eigenvalue weighted by Gasteiger charge is 2.43. The molecule has 24 heavy (non-hydrogen) atoms. The summed E-state index contributed by atoms with van der Waals surface area (Å²) in [5.74, 6) is -0.324. The second-order valence-corrected chi connectivity index (χ2v) is 8.18. The van der Waals surface area contributed by atoms with Crippen molar-refractivity contribution in [3.05, 3.63) is 17.7 Å². The Hall–Kier alpha value is -1.62. The van der Waals surface area contributed by atoms with E-state index in [1.54, 1.807) is 26.0 Å². The lowest BCUT2D eigenvalue weighted by molar-refractivity contribution is -0.124. The molecule has 1 fully saturated rings. The van der Waals surface area contributed by atoms with Crippen molar-refractivity contribution in [3.8, 4) is 0 Å². The average Bonchev–Trinajstić information content (AvgIpc) is 3.13. The number of carbonyl (C=O) groups is 1. The van der Waals surface area contributed by atoms with E-state index in [-0.39, 0.29) is 23.4 Å². The first-order valence-corrected chi connectivity index (χ1v) is 9.80. The van der Waals surface area contributed by atoms with Gasteiger partial charge in [0.25, 0.3) is 0 Å². The molecule has 10 heteroatoms. The zero-order chi connectivity index (χ0) is 17.5. The normalized spacial score (nSPS) is 22.1. The van der Waals surface area contributed by atoms with Gasteiger partial charge in [-0.15, -0.1) is 0 Å². The topological polar surface area (TPSA) is 118 Å². The van der Waals surface area contributed by atoms with Crippen molar-refractivity contribution in [2.24, 2.45) is 5.73 Å². The minimum Gasteiger partial charge on any atom is -0.355 e. The van der Waals surface area contributed by atoms with Crippen molar-refractivity contribution < 1.29 is 13.2 Å². The molecule has 0 unspecified atom stereocenters. The van der Waals surface area contributed by atoms with Gasteiger partial charge in [-0.2, -0.15) is 13.1 Å². The molecule has 0 saturated carbocycles. The van der Waals surface area contributed by atoms with Gasteiger partial charge in [0.05, 0.1) is 11.7 Å². The van der Waals surface area contributed by atoms with Gasteiger partial charge in [-0.05, 0) is 31.9 Å². The van der Waals surface area contributed by atoms with Gasteiger partial charge in [0, 0.05) is 19.1 Å². The predicted octanol–water partition coefficient (Wildman–Crippen LogP) is 0.226. The van der Waals surface area contributed by atoms with Gasteiger partial charge in [0.2, 0.25) is 15.9 Å². The number of hydrogen-bond acceptors (Lipinski definition) is 7. The summed E-state index contributed by atoms with van der Waals surface area (Å²) in [5, 5.41) is 2.68. The van der Waals surface area contributed by atoms with Gasteiger partial charge < -0.3 is 11.1 Å². The molecule has 1 saturated heterocycles. The van der Waals surface area contributed by atoms with Crippen molar-refractivity contribution in [2.45, 2.75) is 37.2 Å². The standard InChI is InChI=1S/C14H19N5O3S2/c1-3-16-14(20)11-6-9(15)7-19(11)24(21,22)13-8(2)4-5-10-12(13)18-23-17-10/h4-5,9,11H,3,6-7,15H2,1-2H3,(H,16,20)/t9-,11-/m0/s1. The molecule has 0 radical (unpaired) electrons. The number of fused-ring (bicyclic) bond motifs is 1. The molecule has 130 valence electrons. The van der Waals surface area contributed by atoms with Crippen LogP contribution in [0.25, 0.3) is 11.0 Å². The number of amides is 1. The van der Waals surface area contributed by atoms with Crippen LogP contribution in [0.3, 0.4) is 0 Å². The molecular formula is C14H19N5O3S2. The second-order valence-electron chi connectivity index (χ2n) is 5.82. The number of aryl methyl sites for hydroxylation is 1. The van der Waals surface area contributed by atoms with Gasteiger partial charge in [0.15, 0.2) is 0 Å². The molecule has 0 bridgehead atoms. The summed E-state index contributed by atoms with van der Waals surface area (Å²) in [5.41, 5.74) is 7.39. The maximum absolute atomic E-state index is 13.3. The van der Waals surface area contributed by atoms with Crippen LogP contribution in [0.2, 0.25) is 0 Å². The molecule has 2 heterocycles. The van der Waals surface area contributed by atoms with Crippen LogP contribution in [0, 0.1) is 6.92 Å². The molecule has 0 aliphatic carbocycles. The van der Waals surface area contributed by atoms with Crippen molar-refractivity contribution in [1.29, 1.82) is 0 Å². The van der Waals surface area contributed by atoms with Crippen LogP contribution in [0.1, 0.15) is 18.9 Å². The number of sulfonamides is 1. The van der Waals surface area contributed by atoms with Crippen LogP contribution in [0.5, 0.6) is 0 Å². The highest BCUT2D eigenvalue weighted by Crippen LogP contribution is 2.32. The maximum atomic E-state index is 13.3. The first-order chi connectivity index (χ1) is 11.4. The van der Waals surface area contributed by atoms with Crippen LogP contribution >= 0.6 is 11.7 Å². The van der Waals surface area contributed by atoms with Crippen LogP contribution in [0.4, 0.5) is 0 Å². The highest BCUT2D eigenvalue weighted by atomic mass is 32.2. The molecule has 2 atom stereocenters. The Balaban J connectivity index is 2.10. The first kappa shape index (κ1) is 17.2. The number of benzene rings is 1. The lowest BCUT2D eigenvalue weighted by Crippen LogP contribution is -2.46. The van der Waals surface area contributed by atoms with Gasteiger partial charge in [-0.1, -0.05) is 6.07 Å². The summed E-state index contributed by atoms with van der Waals surface area (Å²) < 4.78 is 36.0. The molecule has 2 aromatic rings. The third-order valence-corrected chi connectivity index (χ3v) is 6.68. The van der Waals surface area contributed by atoms with E-state index in [2.05, 4.69) is 14.1 Å². The van der Waals surface area contributed by atoms with Gasteiger partial charge >= 0.3 is 0 Å². The zero-order valence-electron chi connectivity index (χ0n) is 13.4. The summed E-state index contributed by atoms with van der Waals surface area (Å²) >= 11 is 0.963. The largest absolute Gasteiger partial charge is 0.355 e. The van der Waals surface area contributed by atoms with E-state index in [1.807, 2.05) is 0 Å². The van der Waals surface area contributed by atoms with E-state index in [4.69, 9.17) is 5.73 Å². The summed E-state index contributed by atoms with van der Waals surface area (Å²) in [6, 6.07) is 2.27. The van der Waals surface area contributed by atoms with Crippen LogP contribution in [-0.4, -0.2) is 52.6 Å². The number of likely N-dealkylation sites (N-methyl/N-ethyl adjacent to an activating group) is 1. The lowest BCUT2D eigenvalue weighted by Gasteiger charge is -2.24. The third kappa shape index (κ3) is 2.79. The summed E-state index contributed by atoms with van der Waals surface area (Å²) in [6.07, 6.45) is 0.301. The fraction of sp³-hybridized carbons (Fsp3) is 0.500. The van der Waals surface area contributed by atoms with Crippen molar-refractivity contribution >= 4 is 38.7 Å². The Bertz CT molecular complexity index is 880. The van der Waals surface area contributed by atoms with Crippen LogP contribution in [0.15, 0.2) is 17.0 Å². The van der Waals surface area contributed by atoms with Crippen molar-refractivity contribution in [2.75, 3.05) is 13.1 Å². The Kier molecular flexibility index (Phi) is 4.56. The van der Waals surface area contributed by atoms with Crippen LogP contribution < -0.4 is 11.1 Å². The van der Waals surface area contributed by atoms with E-state index in [0.29, 0.717) is 29.6 Å². The molecule has 3 N–H and O–H groups in total. The smallest absolute Gasteiger partial charge is 0.246 e. The third-order valence-electron chi connectivity index (χ3n) is 4.09. The average molecular weight is 369 g/mol. The molecule has 1 aliphatic heterocycles. The highest BCUT2D eigenvalue weighted by molar-refractivity contribution is 7.89. The maximum Gasteiger partial charge on any atom is 0.246 e. The molecule has 1 aliphatic rings. The molecular weight excluding hydrogens is 350 g/mol. The van der Waals surface area contributed by atoms with Crippen molar-refractivity contribution in [3.63, 3.8) is 0 Å². The van der Waals surface area contributed by atoms with Crippen LogP contribution in [-0.2, 0) is 14.8 Å². The van der Waals surface area contributed by atoms with E-state index in [1.165, 1.54) is 4.31 Å². The van der Waals surface area contributed by atoms with Gasteiger partial charge in [-0.25, -0.2) is 8.42 Å². The number of nitrogens with zero attached hydrogens (tertiary/aromatic N) is 3. The molecule has 1 aromatic carbocycles. The zero-order valence-corrected chi connectivity index (χ0v) is 15.0. The Labute approximate surface area is 144 Å². The molecule has 8 nitrogen and oxygen atoms in total. The summed E-state index contributed by atoms with van der Waals surface area (Å²) in [7, 11) is -3.91. The number of aromatic nitrogens is 2. The Morgan fingerprint density at radius 3 is 2.92 bits per heavy atom.